The van der Waals surface area contributed by atoms with Crippen molar-refractivity contribution in [3.05, 3.63) is 16.0 Å². The van der Waals surface area contributed by atoms with Gasteiger partial charge in [-0.1, -0.05) is 13.8 Å². The Balaban J connectivity index is 2.27. The van der Waals surface area contributed by atoms with Crippen LogP contribution in [0.25, 0.3) is 0 Å². The molecule has 0 unspecified atom stereocenters. The maximum atomic E-state index is 12.1. The highest BCUT2D eigenvalue weighted by Gasteiger charge is 2.26. The average molecular weight is 290 g/mol. The number of anilines is 1. The number of hydrogen-bond donors (Lipinski definition) is 1. The molecule has 0 fully saturated rings. The summed E-state index contributed by atoms with van der Waals surface area (Å²) in [5.74, 6) is 0.153. The van der Waals surface area contributed by atoms with Gasteiger partial charge in [0.2, 0.25) is 5.91 Å². The Labute approximate surface area is 122 Å². The van der Waals surface area contributed by atoms with E-state index in [-0.39, 0.29) is 17.6 Å². The lowest BCUT2D eigenvalue weighted by molar-refractivity contribution is -0.120. The van der Waals surface area contributed by atoms with Gasteiger partial charge in [-0.05, 0) is 24.8 Å². The summed E-state index contributed by atoms with van der Waals surface area (Å²) in [4.78, 5) is 24.6. The van der Waals surface area contributed by atoms with Crippen LogP contribution in [-0.2, 0) is 22.4 Å². The Bertz CT molecular complexity index is 579. The lowest BCUT2D eigenvalue weighted by atomic mass is 9.95. The van der Waals surface area contributed by atoms with Crippen LogP contribution in [-0.4, -0.2) is 11.7 Å². The molecule has 0 aliphatic heterocycles. The number of rotatable bonds is 4. The van der Waals surface area contributed by atoms with Crippen molar-refractivity contribution in [2.45, 2.75) is 46.0 Å². The molecule has 0 saturated heterocycles. The molecular weight excluding hydrogens is 272 g/mol. The van der Waals surface area contributed by atoms with Crippen molar-refractivity contribution in [3.8, 4) is 6.07 Å². The van der Waals surface area contributed by atoms with Crippen molar-refractivity contribution in [1.82, 2.24) is 0 Å². The van der Waals surface area contributed by atoms with Crippen molar-refractivity contribution < 1.29 is 9.59 Å². The smallest absolute Gasteiger partial charge is 0.228 e. The quantitative estimate of drug-likeness (QED) is 0.926. The van der Waals surface area contributed by atoms with E-state index in [4.69, 9.17) is 0 Å². The van der Waals surface area contributed by atoms with E-state index in [9.17, 15) is 14.9 Å². The summed E-state index contributed by atoms with van der Waals surface area (Å²) in [7, 11) is 0. The Hall–Kier alpha value is -1.67. The highest BCUT2D eigenvalue weighted by molar-refractivity contribution is 7.16. The fraction of sp³-hybridized carbons (Fsp3) is 0.533. The maximum Gasteiger partial charge on any atom is 0.228 e. The predicted molar refractivity (Wildman–Crippen MR) is 78.8 cm³/mol. The SMILES string of the molecule is CCC(CC)C(=O)Nc1sc2c(c1C#N)CCC(=O)C2. The number of nitrogens with one attached hydrogen (secondary N) is 1. The number of amides is 1. The zero-order chi connectivity index (χ0) is 14.7. The highest BCUT2D eigenvalue weighted by atomic mass is 32.1. The van der Waals surface area contributed by atoms with Gasteiger partial charge >= 0.3 is 0 Å². The molecule has 20 heavy (non-hydrogen) atoms. The molecule has 106 valence electrons. The van der Waals surface area contributed by atoms with E-state index in [1.165, 1.54) is 11.3 Å². The van der Waals surface area contributed by atoms with E-state index in [2.05, 4.69) is 11.4 Å². The topological polar surface area (TPSA) is 70.0 Å². The number of ketones is 1. The number of carbonyl (C=O) groups is 2. The van der Waals surface area contributed by atoms with Gasteiger partial charge in [0.15, 0.2) is 0 Å². The number of Topliss-reactive ketones (excluding diaryl/α,β-unsaturated/α-hetero) is 1. The van der Waals surface area contributed by atoms with Crippen molar-refractivity contribution in [3.63, 3.8) is 0 Å². The van der Waals surface area contributed by atoms with Crippen LogP contribution in [0.2, 0.25) is 0 Å². The van der Waals surface area contributed by atoms with Crippen LogP contribution in [0.5, 0.6) is 0 Å². The summed E-state index contributed by atoms with van der Waals surface area (Å²) in [6.45, 7) is 3.97. The van der Waals surface area contributed by atoms with Gasteiger partial charge in [-0.15, -0.1) is 11.3 Å². The third-order valence-electron chi connectivity index (χ3n) is 3.81. The van der Waals surface area contributed by atoms with Gasteiger partial charge in [-0.25, -0.2) is 0 Å². The highest BCUT2D eigenvalue weighted by Crippen LogP contribution is 2.37. The number of fused-ring (bicyclic) bond motifs is 1. The summed E-state index contributed by atoms with van der Waals surface area (Å²) in [6.07, 6.45) is 3.09. The second-order valence-electron chi connectivity index (χ2n) is 5.04. The minimum absolute atomic E-state index is 0.0256. The Morgan fingerprint density at radius 1 is 1.40 bits per heavy atom. The van der Waals surface area contributed by atoms with Crippen LogP contribution in [0.15, 0.2) is 0 Å². The first-order valence-electron chi connectivity index (χ1n) is 6.97. The van der Waals surface area contributed by atoms with Gasteiger partial charge < -0.3 is 5.32 Å². The first-order chi connectivity index (χ1) is 9.60. The molecule has 0 saturated carbocycles. The summed E-state index contributed by atoms with van der Waals surface area (Å²) < 4.78 is 0. The molecule has 4 nitrogen and oxygen atoms in total. The standard InChI is InChI=1S/C15H18N2O2S/c1-3-9(4-2)14(19)17-15-12(8-16)11-6-5-10(18)7-13(11)20-15/h9H,3-7H2,1-2H3,(H,17,19). The molecule has 0 atom stereocenters. The van der Waals surface area contributed by atoms with Crippen molar-refractivity contribution >= 4 is 28.0 Å². The molecule has 1 aromatic rings. The number of thiophene rings is 1. The predicted octanol–water partition coefficient (Wildman–Crippen LogP) is 3.05. The molecule has 1 amide bonds. The van der Waals surface area contributed by atoms with Crippen LogP contribution >= 0.6 is 11.3 Å². The van der Waals surface area contributed by atoms with Gasteiger partial charge in [-0.2, -0.15) is 5.26 Å². The summed E-state index contributed by atoms with van der Waals surface area (Å²) in [5.41, 5.74) is 1.51. The molecule has 1 heterocycles. The first-order valence-corrected chi connectivity index (χ1v) is 7.79. The van der Waals surface area contributed by atoms with E-state index < -0.39 is 0 Å². The molecular formula is C15H18N2O2S. The van der Waals surface area contributed by atoms with Crippen molar-refractivity contribution in [2.75, 3.05) is 5.32 Å². The zero-order valence-electron chi connectivity index (χ0n) is 11.8. The van der Waals surface area contributed by atoms with Crippen molar-refractivity contribution in [1.29, 1.82) is 5.26 Å². The average Bonchev–Trinajstić information content (AvgIpc) is 2.76. The van der Waals surface area contributed by atoms with Crippen LogP contribution in [0.1, 0.15) is 49.1 Å². The van der Waals surface area contributed by atoms with Gasteiger partial charge in [0.25, 0.3) is 0 Å². The number of carbonyl (C=O) groups excluding carboxylic acids is 2. The minimum atomic E-state index is -0.0311. The molecule has 1 N–H and O–H groups in total. The Morgan fingerprint density at radius 3 is 2.70 bits per heavy atom. The van der Waals surface area contributed by atoms with E-state index in [0.717, 1.165) is 23.3 Å². The molecule has 2 rings (SSSR count). The number of nitriles is 1. The van der Waals surface area contributed by atoms with Gasteiger partial charge in [0, 0.05) is 23.6 Å². The van der Waals surface area contributed by atoms with Crippen molar-refractivity contribution in [2.24, 2.45) is 5.92 Å². The molecule has 0 spiro atoms. The monoisotopic (exact) mass is 290 g/mol. The van der Waals surface area contributed by atoms with Gasteiger partial charge in [0.1, 0.15) is 16.9 Å². The zero-order valence-corrected chi connectivity index (χ0v) is 12.6. The second kappa shape index (κ2) is 6.19. The second-order valence-corrected chi connectivity index (χ2v) is 6.14. The molecule has 0 aromatic carbocycles. The van der Waals surface area contributed by atoms with Gasteiger partial charge in [0.05, 0.1) is 5.56 Å². The minimum Gasteiger partial charge on any atom is -0.316 e. The molecule has 0 radical (unpaired) electrons. The molecule has 1 aliphatic rings. The lowest BCUT2D eigenvalue weighted by Gasteiger charge is -2.11. The fourth-order valence-electron chi connectivity index (χ4n) is 2.53. The summed E-state index contributed by atoms with van der Waals surface area (Å²) >= 11 is 1.38. The molecule has 5 heteroatoms. The number of nitrogens with zero attached hydrogens (tertiary/aromatic N) is 1. The third kappa shape index (κ3) is 2.75. The van der Waals surface area contributed by atoms with Crippen LogP contribution in [0.3, 0.4) is 0 Å². The van der Waals surface area contributed by atoms with Crippen LogP contribution < -0.4 is 5.32 Å². The number of hydrogen-bond acceptors (Lipinski definition) is 4. The summed E-state index contributed by atoms with van der Waals surface area (Å²) in [6, 6.07) is 2.18. The summed E-state index contributed by atoms with van der Waals surface area (Å²) in [5, 5.41) is 12.8. The lowest BCUT2D eigenvalue weighted by Crippen LogP contribution is -2.21. The normalized spacial score (nSPS) is 14.0. The Kier molecular flexibility index (Phi) is 4.56. The molecule has 1 aliphatic carbocycles. The van der Waals surface area contributed by atoms with E-state index in [1.54, 1.807) is 0 Å². The molecule has 1 aromatic heterocycles. The third-order valence-corrected chi connectivity index (χ3v) is 4.95. The largest absolute Gasteiger partial charge is 0.316 e. The fourth-order valence-corrected chi connectivity index (χ4v) is 3.76. The van der Waals surface area contributed by atoms with Gasteiger partial charge in [-0.3, -0.25) is 9.59 Å². The van der Waals surface area contributed by atoms with E-state index in [1.807, 2.05) is 13.8 Å². The van der Waals surface area contributed by atoms with E-state index in [0.29, 0.717) is 29.8 Å². The maximum absolute atomic E-state index is 12.1. The first kappa shape index (κ1) is 14.7. The molecule has 0 bridgehead atoms. The van der Waals surface area contributed by atoms with Crippen LogP contribution in [0, 0.1) is 17.2 Å². The Morgan fingerprint density at radius 2 is 2.10 bits per heavy atom. The van der Waals surface area contributed by atoms with Crippen LogP contribution in [0.4, 0.5) is 5.00 Å². The van der Waals surface area contributed by atoms with E-state index >= 15 is 0 Å².